The summed E-state index contributed by atoms with van der Waals surface area (Å²) in [6.07, 6.45) is 8.36. The molecule has 0 spiro atoms. The molecule has 0 aromatic heterocycles. The Bertz CT molecular complexity index is 1510. The lowest BCUT2D eigenvalue weighted by molar-refractivity contribution is -0.131. The van der Waals surface area contributed by atoms with E-state index in [9.17, 15) is 33.6 Å². The van der Waals surface area contributed by atoms with Crippen molar-refractivity contribution in [3.8, 4) is 0 Å². The highest BCUT2D eigenvalue weighted by atomic mass is 16.2. The Morgan fingerprint density at radius 1 is 0.438 bits per heavy atom. The topological polar surface area (TPSA) is 172 Å². The van der Waals surface area contributed by atoms with Gasteiger partial charge in [0.2, 0.25) is 0 Å². The van der Waals surface area contributed by atoms with Crippen LogP contribution in [0.3, 0.4) is 0 Å². The first-order chi connectivity index (χ1) is 31.8. The van der Waals surface area contributed by atoms with Crippen LogP contribution >= 0.6 is 0 Å². The van der Waals surface area contributed by atoms with Crippen molar-refractivity contribution in [1.82, 2.24) is 0 Å². The molecule has 0 amide bonds. The van der Waals surface area contributed by atoms with Crippen molar-refractivity contribution in [1.29, 1.82) is 0 Å². The second-order valence-electron chi connectivity index (χ2n) is 29.9. The maximum Gasteiger partial charge on any atom is 0.154 e. The summed E-state index contributed by atoms with van der Waals surface area (Å²) in [4.78, 5) is 78.8. The lowest BCUT2D eigenvalue weighted by atomic mass is 9.79. The molecular formula is C64H130N2O7. The van der Waals surface area contributed by atoms with Crippen LogP contribution < -0.4 is 11.5 Å². The van der Waals surface area contributed by atoms with Gasteiger partial charge in [-0.1, -0.05) is 241 Å². The van der Waals surface area contributed by atoms with Gasteiger partial charge >= 0.3 is 0 Å². The van der Waals surface area contributed by atoms with Crippen LogP contribution in [-0.2, 0) is 33.6 Å². The highest BCUT2D eigenvalue weighted by Crippen LogP contribution is 2.32. The number of hydrogen-bond acceptors (Lipinski definition) is 9. The van der Waals surface area contributed by atoms with E-state index < -0.39 is 0 Å². The van der Waals surface area contributed by atoms with Crippen molar-refractivity contribution in [2.45, 2.75) is 305 Å². The SMILES string of the molecule is CC(C)(C)C.CC(C)(C)C(=O)C1CCCC1.CC(C)C(=O)C(C)(C)C.CC(C)C(C)C(=O)C(C)(C)C.CC(N)CC(=O)C(C)(C)C.CCC(=O)C(C)(C)C.CCC(N)C(=O)C(C)(C)C.CCCC(=O)C(C)(C)C. The summed E-state index contributed by atoms with van der Waals surface area (Å²) in [7, 11) is 0. The molecule has 4 N–H and O–H groups in total. The zero-order valence-corrected chi connectivity index (χ0v) is 55.3. The number of Topliss-reactive ketones (excluding diaryl/α,β-unsaturated/α-hetero) is 7. The van der Waals surface area contributed by atoms with Crippen LogP contribution in [0.5, 0.6) is 0 Å². The summed E-state index contributed by atoms with van der Waals surface area (Å²) < 4.78 is 0. The third kappa shape index (κ3) is 52.8. The molecule has 0 saturated heterocycles. The van der Waals surface area contributed by atoms with Gasteiger partial charge in [-0.2, -0.15) is 0 Å². The smallest absolute Gasteiger partial charge is 0.154 e. The Kier molecular flexibility index (Phi) is 43.3. The van der Waals surface area contributed by atoms with Gasteiger partial charge in [-0.3, -0.25) is 33.6 Å². The lowest BCUT2D eigenvalue weighted by Crippen LogP contribution is -2.38. The van der Waals surface area contributed by atoms with Gasteiger partial charge in [0.1, 0.15) is 34.7 Å². The molecule has 3 atom stereocenters. The first-order valence-electron chi connectivity index (χ1n) is 28.1. The van der Waals surface area contributed by atoms with Crippen LogP contribution in [0.4, 0.5) is 0 Å². The fourth-order valence-electron chi connectivity index (χ4n) is 6.12. The molecule has 73 heavy (non-hydrogen) atoms. The molecule has 1 rings (SSSR count). The van der Waals surface area contributed by atoms with Crippen LogP contribution in [0.1, 0.15) is 293 Å². The molecule has 0 radical (unpaired) electrons. The first kappa shape index (κ1) is 84.6. The number of nitrogens with two attached hydrogens (primary N) is 2. The van der Waals surface area contributed by atoms with Crippen LogP contribution in [0.2, 0.25) is 0 Å². The highest BCUT2D eigenvalue weighted by Gasteiger charge is 2.32. The minimum absolute atomic E-state index is 0.00766. The summed E-state index contributed by atoms with van der Waals surface area (Å²) in [6, 6.07) is -0.285. The largest absolute Gasteiger partial charge is 0.328 e. The normalized spacial score (nSPS) is 14.5. The number of carbonyl (C=O) groups excluding carboxylic acids is 7. The molecule has 9 nitrogen and oxygen atoms in total. The van der Waals surface area contributed by atoms with E-state index in [4.69, 9.17) is 11.5 Å². The van der Waals surface area contributed by atoms with Crippen LogP contribution in [0.25, 0.3) is 0 Å². The maximum absolute atomic E-state index is 11.7. The third-order valence-corrected chi connectivity index (χ3v) is 11.2. The summed E-state index contributed by atoms with van der Waals surface area (Å²) in [5, 5.41) is 0. The second kappa shape index (κ2) is 37.4. The van der Waals surface area contributed by atoms with Gasteiger partial charge < -0.3 is 11.5 Å². The average molecular weight is 1040 g/mol. The van der Waals surface area contributed by atoms with E-state index >= 15 is 0 Å². The summed E-state index contributed by atoms with van der Waals surface area (Å²) in [5.74, 6) is 3.46. The van der Waals surface area contributed by atoms with E-state index in [1.807, 2.05) is 194 Å². The van der Waals surface area contributed by atoms with Crippen molar-refractivity contribution in [3.05, 3.63) is 0 Å². The van der Waals surface area contributed by atoms with Crippen molar-refractivity contribution >= 4 is 40.5 Å². The van der Waals surface area contributed by atoms with Crippen molar-refractivity contribution in [2.24, 2.45) is 78.5 Å². The molecular weight excluding hydrogens is 909 g/mol. The van der Waals surface area contributed by atoms with Gasteiger partial charge in [-0.15, -0.1) is 0 Å². The molecule has 3 unspecified atom stereocenters. The average Bonchev–Trinajstić information content (AvgIpc) is 3.72. The lowest BCUT2D eigenvalue weighted by Gasteiger charge is -2.24. The monoisotopic (exact) mass is 1040 g/mol. The number of ketones is 7. The quantitative estimate of drug-likeness (QED) is 0.204. The Morgan fingerprint density at radius 3 is 0.863 bits per heavy atom. The first-order valence-corrected chi connectivity index (χ1v) is 28.1. The molecule has 1 saturated carbocycles. The minimum Gasteiger partial charge on any atom is -0.328 e. The highest BCUT2D eigenvalue weighted by molar-refractivity contribution is 5.89. The van der Waals surface area contributed by atoms with Gasteiger partial charge in [-0.05, 0) is 43.9 Å². The van der Waals surface area contributed by atoms with Crippen LogP contribution in [-0.4, -0.2) is 52.6 Å². The van der Waals surface area contributed by atoms with Gasteiger partial charge in [0.25, 0.3) is 0 Å². The zero-order chi connectivity index (χ0) is 60.9. The van der Waals surface area contributed by atoms with E-state index in [-0.39, 0.29) is 73.4 Å². The van der Waals surface area contributed by atoms with Gasteiger partial charge in [0.15, 0.2) is 5.78 Å². The standard InChI is InChI=1S/C10H18O.C10H20O.2C8H17NO.2C8H16O.C7H14O.C5H12/c1-10(2,3)9(11)8-6-4-5-7-8;1-7(2)8(3)9(11)10(4,5)6;1-6(9)5-7(10)8(2,3)4;1-5-6(9)7(10)8(2,3)4;1-6(2)7(9)8(3,4)5;1-5-6-7(9)8(2,3)4;1-5-6(8)7(2,3)4;1-5(2,3)4/h8H,4-7H2,1-3H3;7-8H,1-6H3;2*6H,5,9H2,1-4H3;6H,1-5H3;5-6H2,1-4H3;5H2,1-4H3;1-4H3. The van der Waals surface area contributed by atoms with Crippen LogP contribution in [0, 0.1) is 67.0 Å². The molecule has 438 valence electrons. The van der Waals surface area contributed by atoms with Crippen molar-refractivity contribution in [2.75, 3.05) is 0 Å². The molecule has 0 aromatic rings. The van der Waals surface area contributed by atoms with Gasteiger partial charge in [0.05, 0.1) is 6.04 Å². The minimum atomic E-state index is -0.282. The number of rotatable bonds is 11. The molecule has 0 aromatic carbocycles. The van der Waals surface area contributed by atoms with E-state index in [1.165, 1.54) is 12.8 Å². The molecule has 1 aliphatic carbocycles. The predicted octanol–water partition coefficient (Wildman–Crippen LogP) is 17.1. The Labute approximate surface area is 456 Å². The fraction of sp³-hybridized carbons (Fsp3) is 0.891. The molecule has 0 aliphatic heterocycles. The van der Waals surface area contributed by atoms with Crippen molar-refractivity contribution in [3.63, 3.8) is 0 Å². The van der Waals surface area contributed by atoms with Crippen molar-refractivity contribution < 1.29 is 33.6 Å². The number of hydrogen-bond donors (Lipinski definition) is 2. The molecule has 0 bridgehead atoms. The summed E-state index contributed by atoms with van der Waals surface area (Å²) in [5.41, 5.74) is 10.3. The molecule has 1 aliphatic rings. The second-order valence-corrected chi connectivity index (χ2v) is 29.9. The maximum atomic E-state index is 11.7. The predicted molar refractivity (Wildman–Crippen MR) is 319 cm³/mol. The zero-order valence-electron chi connectivity index (χ0n) is 55.3. The Hall–Kier alpha value is -2.39. The Morgan fingerprint density at radius 2 is 0.753 bits per heavy atom. The van der Waals surface area contributed by atoms with E-state index in [2.05, 4.69) is 41.5 Å². The van der Waals surface area contributed by atoms with E-state index in [0.717, 1.165) is 32.1 Å². The van der Waals surface area contributed by atoms with Crippen LogP contribution in [0.15, 0.2) is 0 Å². The molecule has 9 heteroatoms. The van der Waals surface area contributed by atoms with E-state index in [1.54, 1.807) is 0 Å². The third-order valence-electron chi connectivity index (χ3n) is 11.2. The molecule has 1 fully saturated rings. The fourth-order valence-corrected chi connectivity index (χ4v) is 6.12. The summed E-state index contributed by atoms with van der Waals surface area (Å²) >= 11 is 0. The molecule has 0 heterocycles. The Balaban J connectivity index is -0.000000137. The number of carbonyl (C=O) groups is 7. The van der Waals surface area contributed by atoms with E-state index in [0.29, 0.717) is 59.0 Å². The summed E-state index contributed by atoms with van der Waals surface area (Å²) in [6.45, 7) is 67.5. The van der Waals surface area contributed by atoms with Gasteiger partial charge in [-0.25, -0.2) is 0 Å². The van der Waals surface area contributed by atoms with Gasteiger partial charge in [0, 0.05) is 81.0 Å².